The van der Waals surface area contributed by atoms with E-state index in [0.29, 0.717) is 5.54 Å². The Hall–Kier alpha value is -0.870. The Morgan fingerprint density at radius 3 is 2.95 bits per heavy atom. The lowest BCUT2D eigenvalue weighted by Gasteiger charge is -2.49. The van der Waals surface area contributed by atoms with Crippen LogP contribution in [0.4, 0.5) is 0 Å². The number of nitrogens with one attached hydrogen (secondary N) is 1. The van der Waals surface area contributed by atoms with Crippen LogP contribution in [0, 0.1) is 0 Å². The molecule has 0 atom stereocenters. The van der Waals surface area contributed by atoms with Crippen molar-refractivity contribution < 1.29 is 0 Å². The molecular weight excluding hydrogens is 248 g/mol. The molecule has 1 aromatic rings. The number of piperazine rings is 1. The summed E-state index contributed by atoms with van der Waals surface area (Å²) in [6, 6.07) is 0. The van der Waals surface area contributed by atoms with Gasteiger partial charge in [0.2, 0.25) is 0 Å². The Morgan fingerprint density at radius 1 is 1.30 bits per heavy atom. The van der Waals surface area contributed by atoms with Crippen LogP contribution in [-0.4, -0.2) is 39.9 Å². The Morgan fingerprint density at radius 2 is 2.15 bits per heavy atom. The highest BCUT2D eigenvalue weighted by Gasteiger charge is 2.39. The van der Waals surface area contributed by atoms with Gasteiger partial charge in [-0.25, -0.2) is 0 Å². The van der Waals surface area contributed by atoms with E-state index >= 15 is 0 Å². The first-order valence-electron chi connectivity index (χ1n) is 8.29. The highest BCUT2D eigenvalue weighted by molar-refractivity contribution is 5.07. The van der Waals surface area contributed by atoms with Crippen LogP contribution in [0.25, 0.3) is 0 Å². The Balaban J connectivity index is 1.69. The second-order valence-electron chi connectivity index (χ2n) is 6.49. The molecule has 112 valence electrons. The summed E-state index contributed by atoms with van der Waals surface area (Å²) in [6.07, 6.45) is 12.4. The van der Waals surface area contributed by atoms with Gasteiger partial charge in [-0.3, -0.25) is 9.58 Å². The maximum Gasteiger partial charge on any atom is 0.0534 e. The van der Waals surface area contributed by atoms with Crippen molar-refractivity contribution in [3.63, 3.8) is 0 Å². The topological polar surface area (TPSA) is 33.1 Å². The van der Waals surface area contributed by atoms with Gasteiger partial charge in [-0.1, -0.05) is 26.2 Å². The van der Waals surface area contributed by atoms with E-state index < -0.39 is 0 Å². The lowest BCUT2D eigenvalue weighted by atomic mass is 9.79. The molecule has 4 heteroatoms. The van der Waals surface area contributed by atoms with Crippen LogP contribution >= 0.6 is 0 Å². The van der Waals surface area contributed by atoms with Crippen LogP contribution in [0.3, 0.4) is 0 Å². The van der Waals surface area contributed by atoms with E-state index in [0.717, 1.165) is 26.1 Å². The van der Waals surface area contributed by atoms with Crippen LogP contribution in [0.2, 0.25) is 0 Å². The molecule has 0 unspecified atom stereocenters. The first kappa shape index (κ1) is 14.1. The minimum absolute atomic E-state index is 0.420. The number of rotatable bonds is 4. The normalized spacial score (nSPS) is 23.2. The summed E-state index contributed by atoms with van der Waals surface area (Å²) in [7, 11) is 0. The summed E-state index contributed by atoms with van der Waals surface area (Å²) in [4.78, 5) is 2.73. The highest BCUT2D eigenvalue weighted by atomic mass is 15.3. The van der Waals surface area contributed by atoms with Crippen molar-refractivity contribution >= 4 is 0 Å². The minimum Gasteiger partial charge on any atom is -0.314 e. The Bertz CT molecular complexity index is 412. The fourth-order valence-electron chi connectivity index (χ4n) is 3.89. The molecule has 1 spiro atoms. The van der Waals surface area contributed by atoms with Crippen LogP contribution in [0.1, 0.15) is 51.0 Å². The molecule has 3 rings (SSSR count). The number of aryl methyl sites for hydroxylation is 1. The molecule has 2 fully saturated rings. The molecule has 2 aliphatic rings. The zero-order chi connectivity index (χ0) is 13.8. The van der Waals surface area contributed by atoms with E-state index in [1.165, 1.54) is 50.8 Å². The van der Waals surface area contributed by atoms with Gasteiger partial charge in [0.15, 0.2) is 0 Å². The molecule has 1 saturated carbocycles. The lowest BCUT2D eigenvalue weighted by molar-refractivity contribution is 0.0208. The van der Waals surface area contributed by atoms with E-state index in [1.807, 2.05) is 0 Å². The maximum absolute atomic E-state index is 4.48. The molecule has 1 saturated heterocycles. The highest BCUT2D eigenvalue weighted by Crippen LogP contribution is 2.35. The Kier molecular flexibility index (Phi) is 4.41. The second kappa shape index (κ2) is 6.27. The summed E-state index contributed by atoms with van der Waals surface area (Å²) in [6.45, 7) is 7.80. The zero-order valence-electron chi connectivity index (χ0n) is 12.8. The number of aromatic nitrogens is 2. The van der Waals surface area contributed by atoms with Gasteiger partial charge in [0.25, 0.3) is 0 Å². The summed E-state index contributed by atoms with van der Waals surface area (Å²) in [5.74, 6) is 0. The van der Waals surface area contributed by atoms with Crippen molar-refractivity contribution in [3.05, 3.63) is 18.0 Å². The minimum atomic E-state index is 0.420. The third kappa shape index (κ3) is 2.91. The van der Waals surface area contributed by atoms with Crippen molar-refractivity contribution in [2.24, 2.45) is 0 Å². The van der Waals surface area contributed by atoms with Crippen LogP contribution < -0.4 is 5.32 Å². The van der Waals surface area contributed by atoms with Crippen molar-refractivity contribution in [3.8, 4) is 0 Å². The van der Waals surface area contributed by atoms with E-state index in [9.17, 15) is 0 Å². The molecule has 1 N–H and O–H groups in total. The fraction of sp³-hybridized carbons (Fsp3) is 0.812. The number of hydrogen-bond acceptors (Lipinski definition) is 3. The molecule has 1 aliphatic carbocycles. The van der Waals surface area contributed by atoms with Gasteiger partial charge in [0.05, 0.1) is 6.20 Å². The molecule has 1 aliphatic heterocycles. The van der Waals surface area contributed by atoms with Gasteiger partial charge >= 0.3 is 0 Å². The van der Waals surface area contributed by atoms with Gasteiger partial charge < -0.3 is 5.32 Å². The second-order valence-corrected chi connectivity index (χ2v) is 6.49. The third-order valence-corrected chi connectivity index (χ3v) is 4.98. The monoisotopic (exact) mass is 276 g/mol. The van der Waals surface area contributed by atoms with Gasteiger partial charge in [-0.15, -0.1) is 0 Å². The Labute approximate surface area is 122 Å². The van der Waals surface area contributed by atoms with Gasteiger partial charge in [-0.2, -0.15) is 5.10 Å². The standard InChI is InChI=1S/C16H28N4/c1-2-9-20-13-15(11-18-20)12-19-10-8-17-14-16(19)6-4-3-5-7-16/h11,13,17H,2-10,12,14H2,1H3. The molecule has 0 aromatic carbocycles. The fourth-order valence-corrected chi connectivity index (χ4v) is 3.89. The summed E-state index contributed by atoms with van der Waals surface area (Å²) in [5, 5.41) is 8.10. The van der Waals surface area contributed by atoms with Gasteiger partial charge in [-0.05, 0) is 19.3 Å². The van der Waals surface area contributed by atoms with E-state index in [1.54, 1.807) is 0 Å². The molecule has 0 bridgehead atoms. The van der Waals surface area contributed by atoms with Crippen molar-refractivity contribution in [1.82, 2.24) is 20.0 Å². The summed E-state index contributed by atoms with van der Waals surface area (Å²) >= 11 is 0. The number of nitrogens with zero attached hydrogens (tertiary/aromatic N) is 3. The van der Waals surface area contributed by atoms with Crippen LogP contribution in [0.15, 0.2) is 12.4 Å². The molecule has 20 heavy (non-hydrogen) atoms. The van der Waals surface area contributed by atoms with Crippen LogP contribution in [0.5, 0.6) is 0 Å². The molecule has 2 heterocycles. The zero-order valence-corrected chi connectivity index (χ0v) is 12.8. The van der Waals surface area contributed by atoms with E-state index in [2.05, 4.69) is 39.3 Å². The summed E-state index contributed by atoms with van der Waals surface area (Å²) < 4.78 is 2.09. The molecule has 1 aromatic heterocycles. The maximum atomic E-state index is 4.48. The lowest BCUT2D eigenvalue weighted by Crippen LogP contribution is -2.61. The predicted octanol–water partition coefficient (Wildman–Crippen LogP) is 2.40. The van der Waals surface area contributed by atoms with Crippen molar-refractivity contribution in [1.29, 1.82) is 0 Å². The molecular formula is C16H28N4. The first-order valence-corrected chi connectivity index (χ1v) is 8.29. The van der Waals surface area contributed by atoms with E-state index in [4.69, 9.17) is 0 Å². The molecule has 0 amide bonds. The van der Waals surface area contributed by atoms with Crippen molar-refractivity contribution in [2.45, 2.75) is 64.1 Å². The smallest absolute Gasteiger partial charge is 0.0534 e. The van der Waals surface area contributed by atoms with Crippen molar-refractivity contribution in [2.75, 3.05) is 19.6 Å². The number of hydrogen-bond donors (Lipinski definition) is 1. The quantitative estimate of drug-likeness (QED) is 0.917. The molecule has 0 radical (unpaired) electrons. The summed E-state index contributed by atoms with van der Waals surface area (Å²) in [5.41, 5.74) is 1.80. The molecule has 4 nitrogen and oxygen atoms in total. The van der Waals surface area contributed by atoms with Crippen LogP contribution in [-0.2, 0) is 13.1 Å². The average molecular weight is 276 g/mol. The first-order chi connectivity index (χ1) is 9.82. The predicted molar refractivity (Wildman–Crippen MR) is 81.6 cm³/mol. The SMILES string of the molecule is CCCn1cc(CN2CCNCC23CCCCC3)cn1. The van der Waals surface area contributed by atoms with E-state index in [-0.39, 0.29) is 0 Å². The van der Waals surface area contributed by atoms with Gasteiger partial charge in [0, 0.05) is 50.0 Å². The average Bonchev–Trinajstić information content (AvgIpc) is 2.91. The largest absolute Gasteiger partial charge is 0.314 e. The third-order valence-electron chi connectivity index (χ3n) is 4.98. The van der Waals surface area contributed by atoms with Gasteiger partial charge in [0.1, 0.15) is 0 Å².